The van der Waals surface area contributed by atoms with Crippen molar-refractivity contribution in [2.45, 2.75) is 27.7 Å². The molecule has 1 heteroatoms. The lowest BCUT2D eigenvalue weighted by Gasteiger charge is -2.07. The van der Waals surface area contributed by atoms with Gasteiger partial charge >= 0.3 is 0 Å². The van der Waals surface area contributed by atoms with E-state index in [-0.39, 0.29) is 0 Å². The van der Waals surface area contributed by atoms with Crippen LogP contribution in [-0.4, -0.2) is 6.21 Å². The Labute approximate surface area is 98.2 Å². The predicted molar refractivity (Wildman–Crippen MR) is 72.9 cm³/mol. The Hall–Kier alpha value is -1.63. The van der Waals surface area contributed by atoms with Gasteiger partial charge in [-0.2, -0.15) is 0 Å². The van der Waals surface area contributed by atoms with E-state index in [2.05, 4.69) is 49.7 Å². The van der Waals surface area contributed by atoms with E-state index < -0.39 is 0 Å². The number of aliphatic imine (C=N–C) groups is 1. The van der Waals surface area contributed by atoms with Crippen molar-refractivity contribution in [2.24, 2.45) is 4.99 Å². The van der Waals surface area contributed by atoms with Gasteiger partial charge in [0, 0.05) is 11.9 Å². The number of allylic oxidation sites excluding steroid dienone is 3. The first kappa shape index (κ1) is 12.4. The van der Waals surface area contributed by atoms with Gasteiger partial charge in [-0.15, -0.1) is 0 Å². The van der Waals surface area contributed by atoms with E-state index in [0.29, 0.717) is 0 Å². The summed E-state index contributed by atoms with van der Waals surface area (Å²) in [5.41, 5.74) is 5.76. The SMILES string of the molecule is C=C(C)N=C/C(=C\C)c1ccc(C)cc1C. The first-order valence-electron chi connectivity index (χ1n) is 5.48. The smallest absolute Gasteiger partial charge is 0.0346 e. The van der Waals surface area contributed by atoms with E-state index >= 15 is 0 Å². The summed E-state index contributed by atoms with van der Waals surface area (Å²) in [7, 11) is 0. The van der Waals surface area contributed by atoms with Gasteiger partial charge in [0.25, 0.3) is 0 Å². The highest BCUT2D eigenvalue weighted by molar-refractivity contribution is 6.10. The summed E-state index contributed by atoms with van der Waals surface area (Å²) in [5.74, 6) is 0. The van der Waals surface area contributed by atoms with E-state index in [0.717, 1.165) is 11.3 Å². The van der Waals surface area contributed by atoms with Crippen molar-refractivity contribution in [1.82, 2.24) is 0 Å². The molecule has 1 aromatic rings. The fourth-order valence-electron chi connectivity index (χ4n) is 1.62. The molecule has 0 unspecified atom stereocenters. The second kappa shape index (κ2) is 5.45. The van der Waals surface area contributed by atoms with Gasteiger partial charge in [-0.25, -0.2) is 0 Å². The van der Waals surface area contributed by atoms with Crippen molar-refractivity contribution < 1.29 is 0 Å². The summed E-state index contributed by atoms with van der Waals surface area (Å²) in [6.07, 6.45) is 3.95. The molecule has 0 aliphatic rings. The molecule has 0 atom stereocenters. The first-order valence-corrected chi connectivity index (χ1v) is 5.48. The van der Waals surface area contributed by atoms with Gasteiger partial charge in [-0.05, 0) is 44.4 Å². The molecule has 0 N–H and O–H groups in total. The van der Waals surface area contributed by atoms with E-state index in [4.69, 9.17) is 0 Å². The molecule has 0 saturated heterocycles. The predicted octanol–water partition coefficient (Wildman–Crippen LogP) is 4.31. The van der Waals surface area contributed by atoms with Crippen molar-refractivity contribution in [3.05, 3.63) is 53.2 Å². The van der Waals surface area contributed by atoms with Gasteiger partial charge in [-0.3, -0.25) is 4.99 Å². The molecular weight excluding hydrogens is 194 g/mol. The van der Waals surface area contributed by atoms with Crippen LogP contribution in [0.3, 0.4) is 0 Å². The lowest BCUT2D eigenvalue weighted by molar-refractivity contribution is 1.33. The van der Waals surface area contributed by atoms with Crippen LogP contribution >= 0.6 is 0 Å². The second-order valence-electron chi connectivity index (χ2n) is 4.06. The topological polar surface area (TPSA) is 12.4 Å². The fraction of sp³-hybridized carbons (Fsp3) is 0.267. The van der Waals surface area contributed by atoms with Gasteiger partial charge < -0.3 is 0 Å². The minimum atomic E-state index is 0.823. The molecule has 0 bridgehead atoms. The lowest BCUT2D eigenvalue weighted by atomic mass is 9.99. The zero-order chi connectivity index (χ0) is 12.1. The number of hydrogen-bond donors (Lipinski definition) is 0. The lowest BCUT2D eigenvalue weighted by Crippen LogP contribution is -1.91. The van der Waals surface area contributed by atoms with Gasteiger partial charge in [0.15, 0.2) is 0 Å². The molecule has 0 spiro atoms. The molecule has 84 valence electrons. The number of hydrogen-bond acceptors (Lipinski definition) is 1. The van der Waals surface area contributed by atoms with Gasteiger partial charge in [0.1, 0.15) is 0 Å². The van der Waals surface area contributed by atoms with Crippen molar-refractivity contribution in [1.29, 1.82) is 0 Å². The third-order valence-corrected chi connectivity index (χ3v) is 2.43. The number of benzene rings is 1. The third kappa shape index (κ3) is 3.20. The van der Waals surface area contributed by atoms with Crippen LogP contribution in [0, 0.1) is 13.8 Å². The molecule has 0 amide bonds. The molecule has 0 aromatic heterocycles. The van der Waals surface area contributed by atoms with Crippen LogP contribution < -0.4 is 0 Å². The quantitative estimate of drug-likeness (QED) is 0.663. The molecule has 0 heterocycles. The van der Waals surface area contributed by atoms with Crippen LogP contribution in [0.5, 0.6) is 0 Å². The molecule has 1 rings (SSSR count). The third-order valence-electron chi connectivity index (χ3n) is 2.43. The number of nitrogens with zero attached hydrogens (tertiary/aromatic N) is 1. The molecule has 1 nitrogen and oxygen atoms in total. The second-order valence-corrected chi connectivity index (χ2v) is 4.06. The van der Waals surface area contributed by atoms with Crippen LogP contribution in [-0.2, 0) is 0 Å². The molecule has 16 heavy (non-hydrogen) atoms. The monoisotopic (exact) mass is 213 g/mol. The Morgan fingerprint density at radius 3 is 2.50 bits per heavy atom. The minimum Gasteiger partial charge on any atom is -0.262 e. The maximum atomic E-state index is 4.25. The number of aryl methyl sites for hydroxylation is 2. The van der Waals surface area contributed by atoms with E-state index in [1.165, 1.54) is 16.7 Å². The summed E-state index contributed by atoms with van der Waals surface area (Å²) in [6, 6.07) is 6.46. The molecule has 0 fully saturated rings. The van der Waals surface area contributed by atoms with Crippen molar-refractivity contribution in [3.63, 3.8) is 0 Å². The summed E-state index contributed by atoms with van der Waals surface area (Å²) in [5, 5.41) is 0. The summed E-state index contributed by atoms with van der Waals surface area (Å²) in [4.78, 5) is 4.25. The highest BCUT2D eigenvalue weighted by Crippen LogP contribution is 2.18. The zero-order valence-electron chi connectivity index (χ0n) is 10.5. The van der Waals surface area contributed by atoms with E-state index in [1.54, 1.807) is 0 Å². The van der Waals surface area contributed by atoms with Crippen molar-refractivity contribution in [3.8, 4) is 0 Å². The van der Waals surface area contributed by atoms with E-state index in [9.17, 15) is 0 Å². The highest BCUT2D eigenvalue weighted by Gasteiger charge is 2.01. The van der Waals surface area contributed by atoms with Gasteiger partial charge in [0.2, 0.25) is 0 Å². The molecule has 0 radical (unpaired) electrons. The summed E-state index contributed by atoms with van der Waals surface area (Å²) < 4.78 is 0. The standard InChI is InChI=1S/C15H19N/c1-6-14(10-16-11(2)3)15-8-7-12(4)9-13(15)5/h6-10H,2H2,1,3-5H3/b14-6+,16-10?. The molecule has 0 saturated carbocycles. The van der Waals surface area contributed by atoms with Crippen LogP contribution in [0.4, 0.5) is 0 Å². The Morgan fingerprint density at radius 1 is 1.31 bits per heavy atom. The Balaban J connectivity index is 3.10. The van der Waals surface area contributed by atoms with Crippen LogP contribution in [0.25, 0.3) is 5.57 Å². The average molecular weight is 213 g/mol. The maximum Gasteiger partial charge on any atom is 0.0346 e. The molecule has 1 aromatic carbocycles. The van der Waals surface area contributed by atoms with Gasteiger partial charge in [0.05, 0.1) is 0 Å². The average Bonchev–Trinajstić information content (AvgIpc) is 2.21. The largest absolute Gasteiger partial charge is 0.262 e. The normalized spacial score (nSPS) is 12.1. The van der Waals surface area contributed by atoms with Crippen LogP contribution in [0.2, 0.25) is 0 Å². The molecular formula is C15H19N. The highest BCUT2D eigenvalue weighted by atomic mass is 14.7. The first-order chi connectivity index (χ1) is 7.54. The van der Waals surface area contributed by atoms with Crippen molar-refractivity contribution in [2.75, 3.05) is 0 Å². The fourth-order valence-corrected chi connectivity index (χ4v) is 1.62. The molecule has 0 aliphatic heterocycles. The van der Waals surface area contributed by atoms with Crippen molar-refractivity contribution >= 4 is 11.8 Å². The molecule has 0 aliphatic carbocycles. The zero-order valence-corrected chi connectivity index (χ0v) is 10.5. The van der Waals surface area contributed by atoms with E-state index in [1.807, 2.05) is 20.1 Å². The summed E-state index contributed by atoms with van der Waals surface area (Å²) >= 11 is 0. The number of rotatable bonds is 3. The van der Waals surface area contributed by atoms with Crippen LogP contribution in [0.1, 0.15) is 30.5 Å². The summed E-state index contributed by atoms with van der Waals surface area (Å²) in [6.45, 7) is 11.9. The maximum absolute atomic E-state index is 4.25. The Kier molecular flexibility index (Phi) is 4.24. The Bertz CT molecular complexity index is 451. The minimum absolute atomic E-state index is 0.823. The Morgan fingerprint density at radius 2 is 2.00 bits per heavy atom. The van der Waals surface area contributed by atoms with Crippen LogP contribution in [0.15, 0.2) is 41.5 Å². The van der Waals surface area contributed by atoms with Gasteiger partial charge in [-0.1, -0.05) is 36.4 Å².